The number of hydrogen-bond donors (Lipinski definition) is 1. The number of hydrogen-bond acceptors (Lipinski definition) is 3. The largest absolute Gasteiger partial charge is 0.312 e. The molecular formula is C16H17ClN2S. The first-order valence-corrected chi connectivity index (χ1v) is 7.91. The molecule has 1 N–H and O–H groups in total. The minimum absolute atomic E-state index is 0.652. The number of benzene rings is 1. The second kappa shape index (κ2) is 8.06. The van der Waals surface area contributed by atoms with Crippen LogP contribution in [0.3, 0.4) is 0 Å². The molecule has 0 spiro atoms. The van der Waals surface area contributed by atoms with E-state index in [9.17, 15) is 0 Å². The summed E-state index contributed by atoms with van der Waals surface area (Å²) in [4.78, 5) is 2.56. The van der Waals surface area contributed by atoms with Gasteiger partial charge in [-0.25, -0.2) is 0 Å². The highest BCUT2D eigenvalue weighted by Crippen LogP contribution is 2.29. The van der Waals surface area contributed by atoms with E-state index in [1.54, 1.807) is 11.3 Å². The number of halogens is 1. The topological polar surface area (TPSA) is 35.8 Å². The summed E-state index contributed by atoms with van der Waals surface area (Å²) in [6.07, 6.45) is 2.68. The molecule has 2 rings (SSSR count). The summed E-state index contributed by atoms with van der Waals surface area (Å²) in [7, 11) is 0. The van der Waals surface area contributed by atoms with Crippen molar-refractivity contribution in [2.45, 2.75) is 25.8 Å². The molecule has 0 fully saturated rings. The van der Waals surface area contributed by atoms with Crippen LogP contribution in [0.2, 0.25) is 5.02 Å². The van der Waals surface area contributed by atoms with E-state index in [1.165, 1.54) is 15.3 Å². The van der Waals surface area contributed by atoms with Crippen LogP contribution in [0.1, 0.15) is 24.1 Å². The van der Waals surface area contributed by atoms with Gasteiger partial charge in [0, 0.05) is 27.7 Å². The van der Waals surface area contributed by atoms with Crippen molar-refractivity contribution in [1.82, 2.24) is 5.32 Å². The summed E-state index contributed by atoms with van der Waals surface area (Å²) in [6, 6.07) is 14.4. The van der Waals surface area contributed by atoms with Crippen molar-refractivity contribution in [3.63, 3.8) is 0 Å². The number of unbranched alkanes of at least 4 members (excludes halogenated alkanes) is 2. The van der Waals surface area contributed by atoms with Gasteiger partial charge in [0.05, 0.1) is 6.07 Å². The Morgan fingerprint density at radius 2 is 2.10 bits per heavy atom. The lowest BCUT2D eigenvalue weighted by Crippen LogP contribution is -2.13. The van der Waals surface area contributed by atoms with Crippen LogP contribution in [0, 0.1) is 11.3 Å². The van der Waals surface area contributed by atoms with E-state index >= 15 is 0 Å². The maximum Gasteiger partial charge on any atom is 0.0621 e. The van der Waals surface area contributed by atoms with Crippen molar-refractivity contribution in [2.75, 3.05) is 6.54 Å². The lowest BCUT2D eigenvalue weighted by molar-refractivity contribution is 0.632. The highest BCUT2D eigenvalue weighted by atomic mass is 35.5. The zero-order valence-corrected chi connectivity index (χ0v) is 12.8. The maximum absolute atomic E-state index is 8.45. The van der Waals surface area contributed by atoms with E-state index in [0.717, 1.165) is 31.0 Å². The third kappa shape index (κ3) is 4.64. The van der Waals surface area contributed by atoms with Crippen molar-refractivity contribution < 1.29 is 0 Å². The monoisotopic (exact) mass is 304 g/mol. The summed E-state index contributed by atoms with van der Waals surface area (Å²) in [5, 5.41) is 12.6. The van der Waals surface area contributed by atoms with Gasteiger partial charge in [0.25, 0.3) is 0 Å². The van der Waals surface area contributed by atoms with E-state index in [1.807, 2.05) is 18.2 Å². The van der Waals surface area contributed by atoms with Crippen LogP contribution in [-0.4, -0.2) is 6.54 Å². The first kappa shape index (κ1) is 15.1. The molecule has 1 aromatic carbocycles. The fourth-order valence-electron chi connectivity index (χ4n) is 1.94. The van der Waals surface area contributed by atoms with E-state index < -0.39 is 0 Å². The minimum atomic E-state index is 0.652. The highest BCUT2D eigenvalue weighted by Gasteiger charge is 2.03. The lowest BCUT2D eigenvalue weighted by atomic mass is 10.2. The minimum Gasteiger partial charge on any atom is -0.312 e. The predicted octanol–water partition coefficient (Wildman–Crippen LogP) is 4.85. The molecule has 0 bridgehead atoms. The van der Waals surface area contributed by atoms with Crippen LogP contribution in [0.25, 0.3) is 10.4 Å². The summed E-state index contributed by atoms with van der Waals surface area (Å²) in [6.45, 7) is 1.85. The van der Waals surface area contributed by atoms with Gasteiger partial charge in [-0.3, -0.25) is 0 Å². The third-order valence-electron chi connectivity index (χ3n) is 2.96. The van der Waals surface area contributed by atoms with Crippen molar-refractivity contribution in [3.05, 3.63) is 46.3 Å². The van der Waals surface area contributed by atoms with Crippen LogP contribution >= 0.6 is 22.9 Å². The van der Waals surface area contributed by atoms with Crippen LogP contribution < -0.4 is 5.32 Å². The fourth-order valence-corrected chi connectivity index (χ4v) is 3.10. The summed E-state index contributed by atoms with van der Waals surface area (Å²) < 4.78 is 0. The van der Waals surface area contributed by atoms with Gasteiger partial charge < -0.3 is 5.32 Å². The van der Waals surface area contributed by atoms with E-state index in [-0.39, 0.29) is 0 Å². The van der Waals surface area contributed by atoms with Gasteiger partial charge in [0.2, 0.25) is 0 Å². The van der Waals surface area contributed by atoms with Gasteiger partial charge in [-0.15, -0.1) is 11.3 Å². The van der Waals surface area contributed by atoms with Crippen molar-refractivity contribution in [2.24, 2.45) is 0 Å². The highest BCUT2D eigenvalue weighted by molar-refractivity contribution is 7.15. The molecule has 2 aromatic rings. The number of nitriles is 1. The fraction of sp³-hybridized carbons (Fsp3) is 0.312. The molecule has 1 aromatic heterocycles. The zero-order chi connectivity index (χ0) is 14.2. The quantitative estimate of drug-likeness (QED) is 0.742. The van der Waals surface area contributed by atoms with E-state index in [2.05, 4.69) is 29.6 Å². The number of nitrogens with one attached hydrogen (secondary N) is 1. The molecular weight excluding hydrogens is 288 g/mol. The number of nitrogens with zero attached hydrogens (tertiary/aromatic N) is 1. The molecule has 2 nitrogen and oxygen atoms in total. The summed E-state index contributed by atoms with van der Waals surface area (Å²) >= 11 is 7.80. The standard InChI is InChI=1S/C16H17ClN2S/c17-14-6-4-5-13(11-14)16-8-7-15(20-16)12-19-10-3-1-2-9-18/h4-8,11,19H,1-3,10,12H2. The van der Waals surface area contributed by atoms with Crippen molar-refractivity contribution >= 4 is 22.9 Å². The average molecular weight is 305 g/mol. The lowest BCUT2D eigenvalue weighted by Gasteiger charge is -2.01. The van der Waals surface area contributed by atoms with Crippen LogP contribution in [0.5, 0.6) is 0 Å². The van der Waals surface area contributed by atoms with Gasteiger partial charge in [-0.2, -0.15) is 5.26 Å². The molecule has 0 aliphatic carbocycles. The van der Waals surface area contributed by atoms with Gasteiger partial charge in [0.1, 0.15) is 0 Å². The summed E-state index contributed by atoms with van der Waals surface area (Å²) in [5.74, 6) is 0. The zero-order valence-electron chi connectivity index (χ0n) is 11.2. The van der Waals surface area contributed by atoms with Gasteiger partial charge in [-0.05, 0) is 49.2 Å². The molecule has 0 amide bonds. The Bertz CT molecular complexity index is 586. The predicted molar refractivity (Wildman–Crippen MR) is 85.9 cm³/mol. The van der Waals surface area contributed by atoms with Crippen LogP contribution in [-0.2, 0) is 6.54 Å². The van der Waals surface area contributed by atoms with Crippen molar-refractivity contribution in [1.29, 1.82) is 5.26 Å². The molecule has 4 heteroatoms. The van der Waals surface area contributed by atoms with E-state index in [4.69, 9.17) is 16.9 Å². The van der Waals surface area contributed by atoms with Crippen LogP contribution in [0.4, 0.5) is 0 Å². The average Bonchev–Trinajstić information content (AvgIpc) is 2.91. The Morgan fingerprint density at radius 1 is 1.20 bits per heavy atom. The Labute approximate surface area is 129 Å². The first-order valence-electron chi connectivity index (χ1n) is 6.72. The SMILES string of the molecule is N#CCCCCNCc1ccc(-c2cccc(Cl)c2)s1. The molecule has 104 valence electrons. The van der Waals surface area contributed by atoms with Gasteiger partial charge >= 0.3 is 0 Å². The molecule has 0 unspecified atom stereocenters. The van der Waals surface area contributed by atoms with E-state index in [0.29, 0.717) is 6.42 Å². The molecule has 0 radical (unpaired) electrons. The Morgan fingerprint density at radius 3 is 2.90 bits per heavy atom. The Balaban J connectivity index is 1.82. The molecule has 1 heterocycles. The molecule has 20 heavy (non-hydrogen) atoms. The Kier molecular flexibility index (Phi) is 6.07. The second-order valence-electron chi connectivity index (χ2n) is 4.57. The number of thiophene rings is 1. The van der Waals surface area contributed by atoms with Crippen LogP contribution in [0.15, 0.2) is 36.4 Å². The third-order valence-corrected chi connectivity index (χ3v) is 4.33. The number of rotatable bonds is 7. The van der Waals surface area contributed by atoms with Crippen molar-refractivity contribution in [3.8, 4) is 16.5 Å². The second-order valence-corrected chi connectivity index (χ2v) is 6.17. The molecule has 0 saturated carbocycles. The van der Waals surface area contributed by atoms with Gasteiger partial charge in [0.15, 0.2) is 0 Å². The van der Waals surface area contributed by atoms with Gasteiger partial charge in [-0.1, -0.05) is 23.7 Å². The Hall–Kier alpha value is -1.34. The first-order chi connectivity index (χ1) is 9.79. The molecule has 0 aliphatic rings. The summed E-state index contributed by atoms with van der Waals surface area (Å²) in [5.41, 5.74) is 1.17. The molecule has 0 atom stereocenters. The molecule has 0 saturated heterocycles. The normalized spacial score (nSPS) is 10.4. The smallest absolute Gasteiger partial charge is 0.0621 e. The maximum atomic E-state index is 8.45. The molecule has 0 aliphatic heterocycles.